The Bertz CT molecular complexity index is 2920. The summed E-state index contributed by atoms with van der Waals surface area (Å²) < 4.78 is 0. The fourth-order valence-electron chi connectivity index (χ4n) is 11.6. The van der Waals surface area contributed by atoms with Crippen LogP contribution >= 0.6 is 27.1 Å². The first-order valence-corrected chi connectivity index (χ1v) is 40.2. The molecule has 4 unspecified atom stereocenters. The maximum absolute atomic E-state index is 3.64. The van der Waals surface area contributed by atoms with Crippen molar-refractivity contribution >= 4 is 27.1 Å². The molecular weight excluding hydrogens is 1140 g/mol. The van der Waals surface area contributed by atoms with Crippen LogP contribution in [0.15, 0.2) is 364 Å². The van der Waals surface area contributed by atoms with Gasteiger partial charge < -0.3 is 0 Å². The predicted octanol–water partition coefficient (Wildman–Crippen LogP) is 20.5. The van der Waals surface area contributed by atoms with Crippen molar-refractivity contribution in [3.63, 3.8) is 0 Å². The summed E-state index contributed by atoms with van der Waals surface area (Å²) >= 11 is -3.64. The second-order valence-electron chi connectivity index (χ2n) is 20.2. The van der Waals surface area contributed by atoms with E-state index in [0.717, 1.165) is 0 Å². The normalized spacial score (nSPS) is 13.7. The van der Waals surface area contributed by atoms with Crippen molar-refractivity contribution in [3.8, 4) is 0 Å². The van der Waals surface area contributed by atoms with Gasteiger partial charge in [-0.25, -0.2) is 0 Å². The van der Waals surface area contributed by atoms with Gasteiger partial charge in [0.2, 0.25) is 0 Å². The van der Waals surface area contributed by atoms with Crippen LogP contribution in [0.1, 0.15) is 66.8 Å². The molecule has 0 aliphatic rings. The summed E-state index contributed by atoms with van der Waals surface area (Å²) in [4.78, 5) is 0. The third kappa shape index (κ3) is 10.8. The van der Waals surface area contributed by atoms with Crippen LogP contribution in [0.25, 0.3) is 0 Å². The summed E-state index contributed by atoms with van der Waals surface area (Å²) in [6.07, 6.45) is 0. The van der Waals surface area contributed by atoms with Crippen molar-refractivity contribution in [1.29, 1.82) is 0 Å². The van der Waals surface area contributed by atoms with E-state index in [1.807, 2.05) is 0 Å². The Labute approximate surface area is 488 Å². The summed E-state index contributed by atoms with van der Waals surface area (Å²) in [5.41, 5.74) is 15.8. The van der Waals surface area contributed by atoms with E-state index in [4.69, 9.17) is 0 Å². The van der Waals surface area contributed by atoms with Crippen molar-refractivity contribution in [1.82, 2.24) is 0 Å². The van der Waals surface area contributed by atoms with Gasteiger partial charge >= 0.3 is 492 Å². The summed E-state index contributed by atoms with van der Waals surface area (Å²) in [6.45, 7) is 1.60. The molecule has 12 aromatic rings. The molecule has 0 N–H and O–H groups in total. The molecule has 81 heavy (non-hydrogen) atoms. The number of rotatable bonds is 20. The molecular formula is C76H64P4Pd. The molecule has 0 saturated carbocycles. The molecule has 0 nitrogen and oxygen atoms in total. The van der Waals surface area contributed by atoms with Gasteiger partial charge in [-0.2, -0.15) is 0 Å². The van der Waals surface area contributed by atoms with Crippen LogP contribution < -0.4 is 0 Å². The molecule has 0 aliphatic carbocycles. The Kier molecular flexibility index (Phi) is 16.9. The average molecular weight is 1210 g/mol. The zero-order valence-corrected chi connectivity index (χ0v) is 50.5. The molecule has 0 spiro atoms. The van der Waals surface area contributed by atoms with Gasteiger partial charge in [-0.1, -0.05) is 0 Å². The molecule has 0 aliphatic heterocycles. The predicted molar refractivity (Wildman–Crippen MR) is 350 cm³/mol. The third-order valence-electron chi connectivity index (χ3n) is 15.4. The van der Waals surface area contributed by atoms with E-state index in [-0.39, 0.29) is 0 Å². The van der Waals surface area contributed by atoms with E-state index in [1.165, 1.54) is 66.8 Å². The molecule has 5 heteroatoms. The monoisotopic (exact) mass is 1210 g/mol. The molecule has 12 rings (SSSR count). The third-order valence-corrected chi connectivity index (χ3v) is 51.6. The summed E-state index contributed by atoms with van der Waals surface area (Å²) in [5.74, 6) is 0. The Morgan fingerprint density at radius 1 is 0.136 bits per heavy atom. The Balaban J connectivity index is 1.34. The number of hydrogen-bond acceptors (Lipinski definition) is 0. The van der Waals surface area contributed by atoms with Crippen LogP contribution in [0.4, 0.5) is 0 Å². The van der Waals surface area contributed by atoms with Crippen LogP contribution in [-0.2, 0) is 34.2 Å². The van der Waals surface area contributed by atoms with Crippen LogP contribution in [0, 0.1) is 0 Å². The minimum absolute atomic E-state index is 0.399. The van der Waals surface area contributed by atoms with Crippen LogP contribution in [0.5, 0.6) is 0 Å². The first-order chi connectivity index (χ1) is 40.1. The van der Waals surface area contributed by atoms with Gasteiger partial charge in [0.15, 0.2) is 0 Å². The summed E-state index contributed by atoms with van der Waals surface area (Å²) in [6, 6.07) is 140. The van der Waals surface area contributed by atoms with E-state index in [0.29, 0.717) is 27.1 Å². The molecule has 398 valence electrons. The first kappa shape index (κ1) is 54.6. The van der Waals surface area contributed by atoms with Crippen molar-refractivity contribution < 1.29 is 13.6 Å². The summed E-state index contributed by atoms with van der Waals surface area (Å²) in [5, 5.41) is -2.41. The van der Waals surface area contributed by atoms with E-state index >= 15 is 0 Å². The average Bonchev–Trinajstić information content (AvgIpc) is 3.74. The van der Waals surface area contributed by atoms with Crippen molar-refractivity contribution in [2.75, 3.05) is 0 Å². The molecule has 12 aromatic carbocycles. The maximum atomic E-state index is 2.44. The molecule has 0 heterocycles. The topological polar surface area (TPSA) is 0 Å². The second kappa shape index (κ2) is 25.0. The SMILES string of the molecule is c1ccc(C([PH][Pd]([PH]C(c2ccccc2)(c2ccccc2)c2ccccc2)([PH]C(c2ccccc2)(c2ccccc2)c2ccccc2)[PH]C(c2ccccc2)(c2ccccc2)c2ccccc2)(c2ccccc2)c2ccccc2)cc1. The van der Waals surface area contributed by atoms with Gasteiger partial charge in [-0.3, -0.25) is 0 Å². The Morgan fingerprint density at radius 3 is 0.309 bits per heavy atom. The van der Waals surface area contributed by atoms with Crippen LogP contribution in [-0.4, -0.2) is 0 Å². The summed E-state index contributed by atoms with van der Waals surface area (Å²) in [7, 11) is 0. The van der Waals surface area contributed by atoms with Crippen molar-refractivity contribution in [3.05, 3.63) is 431 Å². The Morgan fingerprint density at radius 2 is 0.222 bits per heavy atom. The second-order valence-corrected chi connectivity index (χ2v) is 53.3. The zero-order chi connectivity index (χ0) is 54.7. The van der Waals surface area contributed by atoms with Gasteiger partial charge in [0.1, 0.15) is 0 Å². The van der Waals surface area contributed by atoms with Crippen LogP contribution in [0.2, 0.25) is 0 Å². The number of benzene rings is 12. The quantitative estimate of drug-likeness (QED) is 0.0405. The molecule has 0 aromatic heterocycles. The van der Waals surface area contributed by atoms with E-state index in [2.05, 4.69) is 364 Å². The molecule has 0 bridgehead atoms. The van der Waals surface area contributed by atoms with E-state index in [9.17, 15) is 0 Å². The van der Waals surface area contributed by atoms with Gasteiger partial charge in [0.05, 0.1) is 0 Å². The van der Waals surface area contributed by atoms with E-state index < -0.39 is 34.2 Å². The van der Waals surface area contributed by atoms with Crippen molar-refractivity contribution in [2.24, 2.45) is 0 Å². The van der Waals surface area contributed by atoms with Crippen LogP contribution in [0.3, 0.4) is 0 Å². The van der Waals surface area contributed by atoms with Gasteiger partial charge in [0.25, 0.3) is 0 Å². The first-order valence-electron chi connectivity index (χ1n) is 27.6. The molecule has 4 atom stereocenters. The molecule has 0 fully saturated rings. The fourth-order valence-corrected chi connectivity index (χ4v) is 66.2. The molecule has 0 saturated heterocycles. The van der Waals surface area contributed by atoms with Crippen molar-refractivity contribution in [2.45, 2.75) is 20.6 Å². The van der Waals surface area contributed by atoms with Gasteiger partial charge in [-0.15, -0.1) is 0 Å². The zero-order valence-electron chi connectivity index (χ0n) is 45.0. The molecule has 0 amide bonds. The van der Waals surface area contributed by atoms with Gasteiger partial charge in [0, 0.05) is 0 Å². The molecule has 0 radical (unpaired) electrons. The number of hydrogen-bond donors (Lipinski definition) is 0. The minimum atomic E-state index is -3.64. The standard InChI is InChI=1S/4C19H16P.Pd/c4*20-19(16-10-4-1-5-11-16,17-12-6-2-7-13-17)18-14-8-3-9-15-18;/h4*1-15,20H;/q4*-1;+4. The fraction of sp³-hybridized carbons (Fsp3) is 0.0526. The van der Waals surface area contributed by atoms with Gasteiger partial charge in [-0.05, 0) is 0 Å². The Hall–Kier alpha value is -6.98. The van der Waals surface area contributed by atoms with E-state index in [1.54, 1.807) is 0 Å².